The fourth-order valence-electron chi connectivity index (χ4n) is 3.82. The highest BCUT2D eigenvalue weighted by Gasteiger charge is 2.45. The van der Waals surface area contributed by atoms with Gasteiger partial charge in [0.15, 0.2) is 5.60 Å². The first kappa shape index (κ1) is 21.2. The van der Waals surface area contributed by atoms with Gasteiger partial charge in [-0.25, -0.2) is 0 Å². The largest absolute Gasteiger partial charge is 0.562 e. The van der Waals surface area contributed by atoms with Gasteiger partial charge in [0.05, 0.1) is 17.9 Å². The maximum absolute atomic E-state index is 13.0. The van der Waals surface area contributed by atoms with Crippen LogP contribution in [0.25, 0.3) is 6.08 Å². The molecule has 1 aromatic carbocycles. The van der Waals surface area contributed by atoms with Crippen LogP contribution in [0.15, 0.2) is 60.6 Å². The van der Waals surface area contributed by atoms with Gasteiger partial charge in [0.1, 0.15) is 12.2 Å². The monoisotopic (exact) mass is 426 g/mol. The normalized spacial score (nSPS) is 24.9. The fourth-order valence-corrected chi connectivity index (χ4v) is 3.82. The van der Waals surface area contributed by atoms with Gasteiger partial charge in [-0.3, -0.25) is 4.98 Å². The molecule has 0 bridgehead atoms. The first-order chi connectivity index (χ1) is 14.8. The number of halogens is 3. The van der Waals surface area contributed by atoms with Crippen LogP contribution in [0, 0.1) is 17.2 Å². The number of pyridine rings is 1. The maximum atomic E-state index is 13.0. The number of allylic oxidation sites excluding steroid dienone is 1. The number of aromatic nitrogens is 1. The number of nitrogens with zero attached hydrogens (tertiary/aromatic N) is 2. The van der Waals surface area contributed by atoms with E-state index >= 15 is 0 Å². The average molecular weight is 426 g/mol. The molecule has 0 spiro atoms. The lowest BCUT2D eigenvalue weighted by molar-refractivity contribution is -0.137. The zero-order valence-electron chi connectivity index (χ0n) is 16.3. The van der Waals surface area contributed by atoms with Gasteiger partial charge in [0, 0.05) is 18.3 Å². The smallest absolute Gasteiger partial charge is 0.416 e. The third-order valence-electron chi connectivity index (χ3n) is 5.42. The summed E-state index contributed by atoms with van der Waals surface area (Å²) in [5, 5.41) is 20.4. The Morgan fingerprint density at radius 2 is 2.19 bits per heavy atom. The number of hydrogen-bond donors (Lipinski definition) is 1. The van der Waals surface area contributed by atoms with Crippen molar-refractivity contribution in [1.82, 2.24) is 4.98 Å². The van der Waals surface area contributed by atoms with Crippen LogP contribution < -0.4 is 5.46 Å². The second-order valence-electron chi connectivity index (χ2n) is 7.52. The van der Waals surface area contributed by atoms with Crippen LogP contribution in [0.3, 0.4) is 0 Å². The Hall–Kier alpha value is -3.09. The molecule has 0 fully saturated rings. The summed E-state index contributed by atoms with van der Waals surface area (Å²) >= 11 is 0. The summed E-state index contributed by atoms with van der Waals surface area (Å²) in [6.07, 6.45) is 3.10. The summed E-state index contributed by atoms with van der Waals surface area (Å²) < 4.78 is 50.7. The quantitative estimate of drug-likeness (QED) is 0.463. The number of nitriles is 1. The predicted octanol–water partition coefficient (Wildman–Crippen LogP) is 2.86. The van der Waals surface area contributed by atoms with E-state index in [1.165, 1.54) is 12.1 Å². The summed E-state index contributed by atoms with van der Waals surface area (Å²) in [4.78, 5) is 4.03. The number of ether oxygens (including phenoxy) is 1. The molecule has 31 heavy (non-hydrogen) atoms. The van der Waals surface area contributed by atoms with Gasteiger partial charge in [-0.15, -0.1) is 0 Å². The highest BCUT2D eigenvalue weighted by molar-refractivity contribution is 6.49. The first-order valence-electron chi connectivity index (χ1n) is 9.66. The molecule has 1 N–H and O–H groups in total. The van der Waals surface area contributed by atoms with Crippen LogP contribution in [0.2, 0.25) is 0 Å². The van der Waals surface area contributed by atoms with Crippen LogP contribution in [0.4, 0.5) is 13.2 Å². The SMILES string of the molecule is N#CC1(O)C=CCC(C2=Cc3ccc(C(F)(F)F)cc3BO2)C1OCc1cccnc1. The van der Waals surface area contributed by atoms with E-state index in [1.54, 1.807) is 30.6 Å². The third-order valence-corrected chi connectivity index (χ3v) is 5.42. The molecule has 0 amide bonds. The van der Waals surface area contributed by atoms with E-state index in [4.69, 9.17) is 9.39 Å². The molecular formula is C22H18BF3N2O3. The molecule has 3 unspecified atom stereocenters. The fraction of sp³-hybridized carbons (Fsp3) is 0.273. The molecule has 9 heteroatoms. The Kier molecular flexibility index (Phi) is 5.61. The van der Waals surface area contributed by atoms with Gasteiger partial charge in [-0.05, 0) is 47.3 Å². The topological polar surface area (TPSA) is 75.4 Å². The lowest BCUT2D eigenvalue weighted by Gasteiger charge is -2.38. The van der Waals surface area contributed by atoms with E-state index in [1.807, 2.05) is 12.1 Å². The van der Waals surface area contributed by atoms with Gasteiger partial charge in [-0.1, -0.05) is 24.3 Å². The Morgan fingerprint density at radius 3 is 2.90 bits per heavy atom. The number of aliphatic hydroxyl groups is 1. The Balaban J connectivity index is 1.62. The molecule has 0 saturated heterocycles. The minimum Gasteiger partial charge on any atom is -0.562 e. The molecule has 5 nitrogen and oxygen atoms in total. The van der Waals surface area contributed by atoms with Crippen LogP contribution in [0.1, 0.15) is 23.1 Å². The molecule has 158 valence electrons. The predicted molar refractivity (Wildman–Crippen MR) is 108 cm³/mol. The van der Waals surface area contributed by atoms with Gasteiger partial charge < -0.3 is 14.5 Å². The van der Waals surface area contributed by atoms with E-state index in [-0.39, 0.29) is 14.1 Å². The Morgan fingerprint density at radius 1 is 1.35 bits per heavy atom. The van der Waals surface area contributed by atoms with Crippen molar-refractivity contribution in [1.29, 1.82) is 5.26 Å². The van der Waals surface area contributed by atoms with Gasteiger partial charge in [0.2, 0.25) is 0 Å². The minimum absolute atomic E-state index is 0.0361. The first-order valence-corrected chi connectivity index (χ1v) is 9.66. The zero-order valence-corrected chi connectivity index (χ0v) is 16.3. The van der Waals surface area contributed by atoms with Crippen LogP contribution >= 0.6 is 0 Å². The summed E-state index contributed by atoms with van der Waals surface area (Å²) in [6, 6.07) is 8.98. The highest BCUT2D eigenvalue weighted by Crippen LogP contribution is 2.37. The number of rotatable bonds is 4. The molecule has 2 heterocycles. The van der Waals surface area contributed by atoms with Crippen molar-refractivity contribution >= 4 is 19.0 Å². The standard InChI is InChI=1S/C22H18BF3N2O3/c24-22(25,26)16-6-5-15-9-19(31-23-18(15)10-16)17-4-1-7-21(29,13-27)20(17)30-12-14-3-2-8-28-11-14/h1-3,5-11,17,20,23,29H,4,12H2. The highest BCUT2D eigenvalue weighted by atomic mass is 19.4. The van der Waals surface area contributed by atoms with Crippen molar-refractivity contribution in [2.24, 2.45) is 5.92 Å². The van der Waals surface area contributed by atoms with E-state index in [2.05, 4.69) is 4.98 Å². The number of alkyl halides is 3. The number of fused-ring (bicyclic) bond motifs is 1. The van der Waals surface area contributed by atoms with Crippen molar-refractivity contribution in [2.75, 3.05) is 0 Å². The molecule has 0 saturated carbocycles. The van der Waals surface area contributed by atoms with Crippen LogP contribution in [0.5, 0.6) is 0 Å². The summed E-state index contributed by atoms with van der Waals surface area (Å²) in [5.74, 6) is -0.0248. The van der Waals surface area contributed by atoms with Crippen molar-refractivity contribution < 1.29 is 27.7 Å². The van der Waals surface area contributed by atoms with Crippen molar-refractivity contribution in [3.8, 4) is 6.07 Å². The van der Waals surface area contributed by atoms with Crippen LogP contribution in [-0.4, -0.2) is 29.3 Å². The Bertz CT molecular complexity index is 1070. The second kappa shape index (κ2) is 8.21. The molecule has 2 aliphatic rings. The molecule has 1 aliphatic carbocycles. The van der Waals surface area contributed by atoms with E-state index in [9.17, 15) is 23.5 Å². The molecule has 1 aliphatic heterocycles. The third kappa shape index (κ3) is 4.36. The van der Waals surface area contributed by atoms with Gasteiger partial charge in [-0.2, -0.15) is 18.4 Å². The number of hydrogen-bond acceptors (Lipinski definition) is 5. The summed E-state index contributed by atoms with van der Waals surface area (Å²) in [7, 11) is -0.0361. The maximum Gasteiger partial charge on any atom is 0.416 e. The lowest BCUT2D eigenvalue weighted by atomic mass is 9.75. The van der Waals surface area contributed by atoms with E-state index < -0.39 is 29.4 Å². The number of benzene rings is 1. The van der Waals surface area contributed by atoms with E-state index in [0.29, 0.717) is 23.2 Å². The van der Waals surface area contributed by atoms with Crippen molar-refractivity contribution in [2.45, 2.75) is 30.9 Å². The molecule has 0 radical (unpaired) electrons. The molecular weight excluding hydrogens is 408 g/mol. The van der Waals surface area contributed by atoms with Crippen molar-refractivity contribution in [3.63, 3.8) is 0 Å². The summed E-state index contributed by atoms with van der Waals surface area (Å²) in [5.41, 5.74) is -0.789. The average Bonchev–Trinajstić information content (AvgIpc) is 2.77. The van der Waals surface area contributed by atoms with Gasteiger partial charge >= 0.3 is 13.7 Å². The molecule has 4 rings (SSSR count). The molecule has 3 atom stereocenters. The van der Waals surface area contributed by atoms with Gasteiger partial charge in [0.25, 0.3) is 0 Å². The lowest BCUT2D eigenvalue weighted by Crippen LogP contribution is -2.49. The Labute approximate surface area is 177 Å². The van der Waals surface area contributed by atoms with Crippen molar-refractivity contribution in [3.05, 3.63) is 77.3 Å². The minimum atomic E-state index is -4.43. The molecule has 1 aromatic heterocycles. The van der Waals surface area contributed by atoms with E-state index in [0.717, 1.165) is 17.7 Å². The van der Waals surface area contributed by atoms with Crippen LogP contribution in [-0.2, 0) is 22.2 Å². The molecule has 2 aromatic rings. The summed E-state index contributed by atoms with van der Waals surface area (Å²) in [6.45, 7) is 0.131. The second-order valence-corrected chi connectivity index (χ2v) is 7.52. The zero-order chi connectivity index (χ0) is 22.1.